The maximum Gasteiger partial charge on any atom is 0.469 e. The predicted octanol–water partition coefficient (Wildman–Crippen LogP) is 8.00. The number of unbranched alkanes of at least 4 members (excludes halogenated alkanes) is 3. The van der Waals surface area contributed by atoms with Crippen LogP contribution in [0.1, 0.15) is 97.3 Å². The maximum atomic E-state index is 12.2. The third-order valence-electron chi connectivity index (χ3n) is 5.50. The number of carbonyl (C=O) groups excluding carboxylic acids is 2. The van der Waals surface area contributed by atoms with Gasteiger partial charge in [0.05, 0.1) is 6.61 Å². The minimum atomic E-state index is -4.75. The molecule has 2 N–H and O–H groups in total. The predicted molar refractivity (Wildman–Crippen MR) is 165 cm³/mol. The fourth-order valence-corrected chi connectivity index (χ4v) is 3.70. The van der Waals surface area contributed by atoms with Crippen molar-refractivity contribution < 1.29 is 37.9 Å². The van der Waals surface area contributed by atoms with E-state index in [1.165, 1.54) is 0 Å². The van der Waals surface area contributed by atoms with Gasteiger partial charge in [-0.3, -0.25) is 14.1 Å². The van der Waals surface area contributed by atoms with Gasteiger partial charge >= 0.3 is 19.8 Å². The van der Waals surface area contributed by atoms with Crippen LogP contribution in [0.15, 0.2) is 72.9 Å². The average Bonchev–Trinajstić information content (AvgIpc) is 2.93. The van der Waals surface area contributed by atoms with Gasteiger partial charge in [0.1, 0.15) is 6.61 Å². The van der Waals surface area contributed by atoms with Crippen LogP contribution in [0, 0.1) is 0 Å². The van der Waals surface area contributed by atoms with Crippen LogP contribution in [-0.4, -0.2) is 41.0 Å². The molecule has 0 heterocycles. The molecule has 1 atom stereocenters. The van der Waals surface area contributed by atoms with Crippen molar-refractivity contribution in [2.45, 2.75) is 103 Å². The highest BCUT2D eigenvalue weighted by atomic mass is 31.2. The van der Waals surface area contributed by atoms with Crippen molar-refractivity contribution in [3.63, 3.8) is 0 Å². The van der Waals surface area contributed by atoms with Gasteiger partial charge in [0, 0.05) is 12.8 Å². The van der Waals surface area contributed by atoms with Gasteiger partial charge in [-0.15, -0.1) is 0 Å². The zero-order valence-corrected chi connectivity index (χ0v) is 25.8. The summed E-state index contributed by atoms with van der Waals surface area (Å²) in [6.45, 7) is 3.31. The summed E-state index contributed by atoms with van der Waals surface area (Å²) in [6, 6.07) is 0. The van der Waals surface area contributed by atoms with E-state index in [-0.39, 0.29) is 19.4 Å². The third kappa shape index (κ3) is 30.3. The fraction of sp³-hybridized carbons (Fsp3) is 0.562. The third-order valence-corrected chi connectivity index (χ3v) is 5.99. The standard InChI is InChI=1S/C32H51O8P/c1-3-5-7-9-10-11-12-13-14-15-16-17-18-19-20-21-22-23-25-27-32(34)40-30(29-39-41(35,36)37)28-38-31(33)26-24-8-6-4-2/h5,7,10-11,13-14,16-17,19-20,22-23,30H,3-4,6,8-9,12,15,18,21,24-29H2,1-2H3,(H2,35,36,37)/b7-5-,11-10-,14-13-,17-16-,20-19-,23-22-. The highest BCUT2D eigenvalue weighted by Gasteiger charge is 2.22. The zero-order chi connectivity index (χ0) is 30.4. The number of hydrogen-bond acceptors (Lipinski definition) is 6. The van der Waals surface area contributed by atoms with Gasteiger partial charge in [-0.2, -0.15) is 0 Å². The van der Waals surface area contributed by atoms with Crippen molar-refractivity contribution in [1.82, 2.24) is 0 Å². The van der Waals surface area contributed by atoms with Gasteiger partial charge in [0.15, 0.2) is 6.10 Å². The molecule has 0 rings (SSSR count). The number of esters is 2. The number of rotatable bonds is 25. The van der Waals surface area contributed by atoms with Crippen molar-refractivity contribution in [2.75, 3.05) is 13.2 Å². The second-order valence-corrected chi connectivity index (χ2v) is 10.6. The first-order valence-electron chi connectivity index (χ1n) is 14.7. The number of hydrogen-bond donors (Lipinski definition) is 2. The van der Waals surface area contributed by atoms with E-state index in [0.717, 1.165) is 57.8 Å². The van der Waals surface area contributed by atoms with Crippen molar-refractivity contribution in [3.8, 4) is 0 Å². The molecule has 0 spiro atoms. The van der Waals surface area contributed by atoms with E-state index >= 15 is 0 Å². The molecular formula is C32H51O8P. The molecule has 232 valence electrons. The van der Waals surface area contributed by atoms with Crippen LogP contribution < -0.4 is 0 Å². The fourth-order valence-electron chi connectivity index (χ4n) is 3.34. The first-order valence-corrected chi connectivity index (χ1v) is 16.3. The van der Waals surface area contributed by atoms with Gasteiger partial charge in [-0.25, -0.2) is 4.57 Å². The van der Waals surface area contributed by atoms with Crippen LogP contribution in [-0.2, 0) is 28.2 Å². The lowest BCUT2D eigenvalue weighted by Crippen LogP contribution is -2.29. The second-order valence-electron chi connectivity index (χ2n) is 9.35. The van der Waals surface area contributed by atoms with E-state index in [1.807, 2.05) is 12.2 Å². The average molecular weight is 595 g/mol. The van der Waals surface area contributed by atoms with Crippen LogP contribution in [0.3, 0.4) is 0 Å². The lowest BCUT2D eigenvalue weighted by molar-refractivity contribution is -0.161. The second kappa shape index (κ2) is 27.6. The summed E-state index contributed by atoms with van der Waals surface area (Å²) in [6.07, 6.45) is 34.2. The first kappa shape index (κ1) is 38.5. The molecule has 41 heavy (non-hydrogen) atoms. The van der Waals surface area contributed by atoms with Crippen molar-refractivity contribution in [3.05, 3.63) is 72.9 Å². The Morgan fingerprint density at radius 3 is 1.66 bits per heavy atom. The molecular weight excluding hydrogens is 543 g/mol. The summed E-state index contributed by atoms with van der Waals surface area (Å²) in [5, 5.41) is 0. The van der Waals surface area contributed by atoms with Gasteiger partial charge in [0.25, 0.3) is 0 Å². The van der Waals surface area contributed by atoms with Crippen LogP contribution >= 0.6 is 7.82 Å². The molecule has 0 aromatic carbocycles. The number of phosphoric acid groups is 1. The number of allylic oxidation sites excluding steroid dienone is 12. The van der Waals surface area contributed by atoms with Gasteiger partial charge in [-0.05, 0) is 51.4 Å². The van der Waals surface area contributed by atoms with Crippen LogP contribution in [0.25, 0.3) is 0 Å². The lowest BCUT2D eigenvalue weighted by atomic mass is 10.2. The highest BCUT2D eigenvalue weighted by Crippen LogP contribution is 2.35. The van der Waals surface area contributed by atoms with E-state index in [9.17, 15) is 14.2 Å². The molecule has 0 bridgehead atoms. The molecule has 0 amide bonds. The normalized spacial score (nSPS) is 13.6. The monoisotopic (exact) mass is 594 g/mol. The molecule has 0 radical (unpaired) electrons. The Labute approximate surface area is 247 Å². The van der Waals surface area contributed by atoms with E-state index in [0.29, 0.717) is 12.8 Å². The van der Waals surface area contributed by atoms with E-state index < -0.39 is 32.5 Å². The molecule has 0 aliphatic rings. The van der Waals surface area contributed by atoms with E-state index in [4.69, 9.17) is 19.3 Å². The Morgan fingerprint density at radius 2 is 1.17 bits per heavy atom. The Balaban J connectivity index is 4.16. The Morgan fingerprint density at radius 1 is 0.659 bits per heavy atom. The topological polar surface area (TPSA) is 119 Å². The molecule has 0 aromatic heterocycles. The number of phosphoric ester groups is 1. The highest BCUT2D eigenvalue weighted by molar-refractivity contribution is 7.46. The van der Waals surface area contributed by atoms with Gasteiger partial charge in [0.2, 0.25) is 0 Å². The minimum absolute atomic E-state index is 0.0829. The largest absolute Gasteiger partial charge is 0.469 e. The smallest absolute Gasteiger partial charge is 0.462 e. The van der Waals surface area contributed by atoms with Gasteiger partial charge in [-0.1, -0.05) is 106 Å². The SMILES string of the molecule is CC/C=C\C/C=C\C/C=C\C/C=C\C/C=C\C/C=C\CCC(=O)OC(COC(=O)CCCCCC)COP(=O)(O)O. The molecule has 8 nitrogen and oxygen atoms in total. The zero-order valence-electron chi connectivity index (χ0n) is 24.9. The molecule has 0 aliphatic heterocycles. The van der Waals surface area contributed by atoms with E-state index in [2.05, 4.69) is 79.1 Å². The van der Waals surface area contributed by atoms with Crippen LogP contribution in [0.4, 0.5) is 0 Å². The molecule has 0 aliphatic carbocycles. The quantitative estimate of drug-likeness (QED) is 0.0472. The molecule has 0 saturated heterocycles. The van der Waals surface area contributed by atoms with Crippen molar-refractivity contribution >= 4 is 19.8 Å². The summed E-state index contributed by atoms with van der Waals surface area (Å²) in [7, 11) is -4.75. The Kier molecular flexibility index (Phi) is 26.0. The molecule has 0 fully saturated rings. The first-order chi connectivity index (χ1) is 19.8. The Bertz CT molecular complexity index is 895. The molecule has 9 heteroatoms. The summed E-state index contributed by atoms with van der Waals surface area (Å²) >= 11 is 0. The summed E-state index contributed by atoms with van der Waals surface area (Å²) < 4.78 is 25.8. The molecule has 1 unspecified atom stereocenters. The molecule has 0 aromatic rings. The maximum absolute atomic E-state index is 12.2. The van der Waals surface area contributed by atoms with Crippen LogP contribution in [0.5, 0.6) is 0 Å². The Hall–Kier alpha value is -2.51. The van der Waals surface area contributed by atoms with E-state index in [1.54, 1.807) is 0 Å². The van der Waals surface area contributed by atoms with Crippen molar-refractivity contribution in [2.24, 2.45) is 0 Å². The lowest BCUT2D eigenvalue weighted by Gasteiger charge is -2.18. The number of carbonyl (C=O) groups is 2. The minimum Gasteiger partial charge on any atom is -0.462 e. The van der Waals surface area contributed by atoms with Gasteiger partial charge < -0.3 is 19.3 Å². The summed E-state index contributed by atoms with van der Waals surface area (Å²) in [5.41, 5.74) is 0. The summed E-state index contributed by atoms with van der Waals surface area (Å²) in [4.78, 5) is 41.9. The number of ether oxygens (including phenoxy) is 2. The van der Waals surface area contributed by atoms with Crippen molar-refractivity contribution in [1.29, 1.82) is 0 Å². The summed E-state index contributed by atoms with van der Waals surface area (Å²) in [5.74, 6) is -1.01. The van der Waals surface area contributed by atoms with Crippen LogP contribution in [0.2, 0.25) is 0 Å². The molecule has 0 saturated carbocycles.